The highest BCUT2D eigenvalue weighted by Crippen LogP contribution is 2.51. The third-order valence-corrected chi connectivity index (χ3v) is 11.1. The molecule has 0 aromatic carbocycles. The molecule has 2 aliphatic carbocycles. The molecule has 1 amide bonds. The van der Waals surface area contributed by atoms with E-state index in [4.69, 9.17) is 4.98 Å². The normalized spacial score (nSPS) is 25.7. The molecule has 2 N–H and O–H groups in total. The summed E-state index contributed by atoms with van der Waals surface area (Å²) >= 11 is 0. The summed E-state index contributed by atoms with van der Waals surface area (Å²) in [6, 6.07) is 8.75. The van der Waals surface area contributed by atoms with Crippen molar-refractivity contribution in [2.24, 2.45) is 23.7 Å². The minimum Gasteiger partial charge on any atom is -0.367 e. The SMILES string of the molecule is CC(C)(C)c1ccc2c(n1)N1CC(CCC(CCC(C3CC3)C3CC3)Nc3cccc(n3)S(=O)(=O)NC2=O)CC1(C)C. The van der Waals surface area contributed by atoms with E-state index >= 15 is 0 Å². The summed E-state index contributed by atoms with van der Waals surface area (Å²) in [5, 5.41) is 3.46. The molecule has 2 aromatic heterocycles. The van der Waals surface area contributed by atoms with E-state index in [-0.39, 0.29) is 27.6 Å². The zero-order valence-corrected chi connectivity index (χ0v) is 26.6. The molecular formula is C33H47N5O3S. The number of aromatic nitrogens is 2. The van der Waals surface area contributed by atoms with Crippen molar-refractivity contribution in [3.63, 3.8) is 0 Å². The third kappa shape index (κ3) is 6.31. The first kappa shape index (κ1) is 29.4. The molecule has 6 rings (SSSR count). The Bertz CT molecular complexity index is 1430. The third-order valence-electron chi connectivity index (χ3n) is 9.91. The molecule has 0 spiro atoms. The van der Waals surface area contributed by atoms with E-state index in [1.807, 2.05) is 12.1 Å². The van der Waals surface area contributed by atoms with Crippen LogP contribution in [0.25, 0.3) is 0 Å². The molecule has 4 aliphatic rings. The van der Waals surface area contributed by atoms with Crippen LogP contribution in [0.5, 0.6) is 0 Å². The molecule has 8 nitrogen and oxygen atoms in total. The van der Waals surface area contributed by atoms with Gasteiger partial charge in [-0.3, -0.25) is 4.79 Å². The second-order valence-corrected chi connectivity index (χ2v) is 16.6. The fraction of sp³-hybridized carbons (Fsp3) is 0.667. The second-order valence-electron chi connectivity index (χ2n) is 14.9. The minimum absolute atomic E-state index is 0.161. The Hall–Kier alpha value is -2.68. The van der Waals surface area contributed by atoms with Crippen molar-refractivity contribution < 1.29 is 13.2 Å². The lowest BCUT2D eigenvalue weighted by Gasteiger charge is -2.34. The van der Waals surface area contributed by atoms with Crippen LogP contribution < -0.4 is 14.9 Å². The van der Waals surface area contributed by atoms with Crippen LogP contribution in [0.15, 0.2) is 35.4 Å². The summed E-state index contributed by atoms with van der Waals surface area (Å²) < 4.78 is 29.2. The molecule has 0 radical (unpaired) electrons. The molecule has 2 atom stereocenters. The Kier molecular flexibility index (Phi) is 7.55. The number of amides is 1. The lowest BCUT2D eigenvalue weighted by molar-refractivity contribution is 0.0981. The number of hydrogen-bond acceptors (Lipinski definition) is 7. The number of rotatable bonds is 5. The van der Waals surface area contributed by atoms with Crippen molar-refractivity contribution in [1.29, 1.82) is 0 Å². The highest BCUT2D eigenvalue weighted by molar-refractivity contribution is 7.90. The van der Waals surface area contributed by atoms with Gasteiger partial charge in [0.25, 0.3) is 15.9 Å². The Morgan fingerprint density at radius 1 is 1.00 bits per heavy atom. The molecule has 4 heterocycles. The van der Waals surface area contributed by atoms with Crippen LogP contribution in [-0.2, 0) is 15.4 Å². The monoisotopic (exact) mass is 593 g/mol. The fourth-order valence-corrected chi connectivity index (χ4v) is 8.24. The smallest absolute Gasteiger partial charge is 0.281 e. The van der Waals surface area contributed by atoms with Crippen LogP contribution in [0.1, 0.15) is 108 Å². The molecule has 2 aliphatic heterocycles. The number of pyridine rings is 2. The van der Waals surface area contributed by atoms with E-state index in [1.165, 1.54) is 38.2 Å². The van der Waals surface area contributed by atoms with Crippen molar-refractivity contribution in [2.75, 3.05) is 16.8 Å². The van der Waals surface area contributed by atoms with Crippen molar-refractivity contribution >= 4 is 27.6 Å². The van der Waals surface area contributed by atoms with Gasteiger partial charge in [0.2, 0.25) is 0 Å². The van der Waals surface area contributed by atoms with Crippen LogP contribution in [0.3, 0.4) is 0 Å². The van der Waals surface area contributed by atoms with Crippen molar-refractivity contribution in [3.8, 4) is 0 Å². The maximum atomic E-state index is 13.6. The molecule has 2 aromatic rings. The minimum atomic E-state index is -4.20. The molecule has 2 saturated carbocycles. The van der Waals surface area contributed by atoms with E-state index in [9.17, 15) is 13.2 Å². The summed E-state index contributed by atoms with van der Waals surface area (Å²) in [4.78, 5) is 25.4. The Labute approximate surface area is 251 Å². The number of carbonyl (C=O) groups is 1. The number of sulfonamides is 1. The van der Waals surface area contributed by atoms with Gasteiger partial charge in [0.15, 0.2) is 5.03 Å². The first-order valence-electron chi connectivity index (χ1n) is 15.9. The van der Waals surface area contributed by atoms with Crippen LogP contribution in [0.2, 0.25) is 0 Å². The number of fused-ring (bicyclic) bond motifs is 6. The maximum absolute atomic E-state index is 13.6. The zero-order valence-electron chi connectivity index (χ0n) is 25.8. The Balaban J connectivity index is 1.35. The largest absolute Gasteiger partial charge is 0.367 e. The summed E-state index contributed by atoms with van der Waals surface area (Å²) in [5.74, 6) is 3.51. The fourth-order valence-electron chi connectivity index (χ4n) is 7.31. The van der Waals surface area contributed by atoms with Crippen LogP contribution in [0.4, 0.5) is 11.6 Å². The number of hydrogen-bond donors (Lipinski definition) is 2. The Morgan fingerprint density at radius 2 is 1.71 bits per heavy atom. The number of carbonyl (C=O) groups excluding carboxylic acids is 1. The summed E-state index contributed by atoms with van der Waals surface area (Å²) in [6.45, 7) is 11.5. The Morgan fingerprint density at radius 3 is 2.38 bits per heavy atom. The first-order valence-corrected chi connectivity index (χ1v) is 17.4. The molecule has 42 heavy (non-hydrogen) atoms. The van der Waals surface area contributed by atoms with E-state index in [0.29, 0.717) is 17.6 Å². The maximum Gasteiger partial charge on any atom is 0.281 e. The standard InChI is InChI=1S/C33H47N5O3S/c1-32(2,3)27-18-17-26-30(35-27)38-20-21(19-33(38,4)5)9-14-24(15-16-25(22-10-11-22)23-12-13-23)34-28-7-6-8-29(36-28)42(40,41)37-31(26)39/h6-8,17-18,21-25H,9-16,19-20H2,1-5H3,(H,34,36)(H,37,39). The van der Waals surface area contributed by atoms with Gasteiger partial charge in [-0.25, -0.2) is 14.7 Å². The molecule has 9 heteroatoms. The van der Waals surface area contributed by atoms with Gasteiger partial charge in [-0.1, -0.05) is 26.8 Å². The molecule has 3 fully saturated rings. The number of nitrogens with zero attached hydrogens (tertiary/aromatic N) is 3. The zero-order chi connectivity index (χ0) is 29.9. The van der Waals surface area contributed by atoms with Crippen LogP contribution in [-0.4, -0.2) is 42.4 Å². The lowest BCUT2D eigenvalue weighted by Crippen LogP contribution is -2.41. The second kappa shape index (κ2) is 10.8. The highest BCUT2D eigenvalue weighted by atomic mass is 32.2. The van der Waals surface area contributed by atoms with Crippen LogP contribution in [0, 0.1) is 23.7 Å². The molecule has 228 valence electrons. The summed E-state index contributed by atoms with van der Waals surface area (Å²) in [7, 11) is -4.20. The summed E-state index contributed by atoms with van der Waals surface area (Å²) in [5.41, 5.74) is 0.693. The lowest BCUT2D eigenvalue weighted by atomic mass is 9.87. The van der Waals surface area contributed by atoms with Crippen molar-refractivity contribution in [2.45, 2.75) is 114 Å². The van der Waals surface area contributed by atoms with Gasteiger partial charge in [0, 0.05) is 29.2 Å². The van der Waals surface area contributed by atoms with Gasteiger partial charge in [-0.2, -0.15) is 8.42 Å². The van der Waals surface area contributed by atoms with Gasteiger partial charge in [-0.05, 0) is 120 Å². The topological polar surface area (TPSA) is 104 Å². The van der Waals surface area contributed by atoms with E-state index in [0.717, 1.165) is 55.7 Å². The predicted octanol–water partition coefficient (Wildman–Crippen LogP) is 6.29. The van der Waals surface area contributed by atoms with E-state index in [2.05, 4.69) is 54.5 Å². The summed E-state index contributed by atoms with van der Waals surface area (Å²) in [6.07, 6.45) is 10.8. The van der Waals surface area contributed by atoms with Gasteiger partial charge >= 0.3 is 0 Å². The van der Waals surface area contributed by atoms with Gasteiger partial charge < -0.3 is 10.2 Å². The predicted molar refractivity (Wildman–Crippen MR) is 166 cm³/mol. The first-order chi connectivity index (χ1) is 19.8. The van der Waals surface area contributed by atoms with E-state index < -0.39 is 15.9 Å². The van der Waals surface area contributed by atoms with Crippen molar-refractivity contribution in [3.05, 3.63) is 41.6 Å². The van der Waals surface area contributed by atoms with E-state index in [1.54, 1.807) is 12.1 Å². The average molecular weight is 594 g/mol. The molecular weight excluding hydrogens is 546 g/mol. The van der Waals surface area contributed by atoms with Gasteiger partial charge in [0.05, 0.1) is 5.56 Å². The highest BCUT2D eigenvalue weighted by Gasteiger charge is 2.43. The van der Waals surface area contributed by atoms with Gasteiger partial charge in [-0.15, -0.1) is 0 Å². The molecule has 2 unspecified atom stereocenters. The number of anilines is 2. The van der Waals surface area contributed by atoms with Crippen molar-refractivity contribution in [1.82, 2.24) is 14.7 Å². The average Bonchev–Trinajstić information content (AvgIpc) is 3.84. The molecule has 1 saturated heterocycles. The quantitative estimate of drug-likeness (QED) is 0.420. The number of nitrogens with one attached hydrogen (secondary N) is 2. The van der Waals surface area contributed by atoms with Gasteiger partial charge in [0.1, 0.15) is 11.6 Å². The molecule has 4 bridgehead atoms. The van der Waals surface area contributed by atoms with Crippen LogP contribution >= 0.6 is 0 Å².